The van der Waals surface area contributed by atoms with Crippen molar-refractivity contribution in [1.29, 1.82) is 0 Å². The Labute approximate surface area is 147 Å². The van der Waals surface area contributed by atoms with Gasteiger partial charge in [0, 0.05) is 56.9 Å². The molecule has 0 bridgehead atoms. The van der Waals surface area contributed by atoms with Crippen LogP contribution in [-0.2, 0) is 0 Å². The van der Waals surface area contributed by atoms with Gasteiger partial charge in [0.1, 0.15) is 0 Å². The van der Waals surface area contributed by atoms with Gasteiger partial charge in [0.2, 0.25) is 0 Å². The fraction of sp³-hybridized carbons (Fsp3) is 0.944. The largest absolute Gasteiger partial charge is 0.357 e. The number of likely N-dealkylation sites (N-methyl/N-ethyl adjacent to an activating group) is 2. The molecule has 2 saturated heterocycles. The second kappa shape index (κ2) is 8.02. The van der Waals surface area contributed by atoms with Crippen molar-refractivity contribution in [2.75, 3.05) is 53.4 Å². The summed E-state index contributed by atoms with van der Waals surface area (Å²) in [5, 5.41) is 7.13. The molecule has 0 aromatic carbocycles. The van der Waals surface area contributed by atoms with Crippen molar-refractivity contribution < 1.29 is 0 Å². The summed E-state index contributed by atoms with van der Waals surface area (Å²) >= 11 is 0. The lowest BCUT2D eigenvalue weighted by Crippen LogP contribution is -2.52. The van der Waals surface area contributed by atoms with E-state index in [0.29, 0.717) is 18.1 Å². The summed E-state index contributed by atoms with van der Waals surface area (Å²) in [6.45, 7) is 10.9. The molecule has 1 saturated carbocycles. The Morgan fingerprint density at radius 1 is 1.17 bits per heavy atom. The van der Waals surface area contributed by atoms with Gasteiger partial charge in [0.25, 0.3) is 0 Å². The Kier molecular flexibility index (Phi) is 6.00. The van der Waals surface area contributed by atoms with Gasteiger partial charge in [-0.1, -0.05) is 0 Å². The van der Waals surface area contributed by atoms with Crippen LogP contribution in [0.5, 0.6) is 0 Å². The maximum atomic E-state index is 4.90. The zero-order chi connectivity index (χ0) is 17.1. The van der Waals surface area contributed by atoms with Crippen LogP contribution in [-0.4, -0.2) is 98.2 Å². The van der Waals surface area contributed by atoms with E-state index < -0.39 is 0 Å². The summed E-state index contributed by atoms with van der Waals surface area (Å²) < 4.78 is 0. The van der Waals surface area contributed by atoms with Gasteiger partial charge in [0.15, 0.2) is 5.96 Å². The topological polar surface area (TPSA) is 46.1 Å². The molecule has 6 heteroatoms. The first-order valence-corrected chi connectivity index (χ1v) is 9.76. The number of hydrogen-bond acceptors (Lipinski definition) is 4. The quantitative estimate of drug-likeness (QED) is 0.563. The van der Waals surface area contributed by atoms with Crippen molar-refractivity contribution in [2.45, 2.75) is 57.3 Å². The molecular formula is C18H36N6. The lowest BCUT2D eigenvalue weighted by Gasteiger charge is -2.37. The van der Waals surface area contributed by atoms with Crippen LogP contribution in [0.3, 0.4) is 0 Å². The molecular weight excluding hydrogens is 300 g/mol. The Balaban J connectivity index is 1.53. The van der Waals surface area contributed by atoms with E-state index in [1.165, 1.54) is 25.8 Å². The van der Waals surface area contributed by atoms with E-state index >= 15 is 0 Å². The molecule has 3 rings (SSSR count). The summed E-state index contributed by atoms with van der Waals surface area (Å²) in [6.07, 6.45) is 4.02. The van der Waals surface area contributed by atoms with Crippen molar-refractivity contribution in [2.24, 2.45) is 4.99 Å². The molecule has 0 amide bonds. The molecule has 2 aliphatic heterocycles. The molecule has 0 spiro atoms. The minimum absolute atomic E-state index is 0.518. The standard InChI is InChI=1S/C18H36N6/c1-5-19-18(20-11-17-13-22(3)8-9-23(17)4)21-15-10-14(2)24(12-15)16-6-7-16/h14-17H,5-13H2,1-4H3,(H2,19,20,21). The highest BCUT2D eigenvalue weighted by Crippen LogP contribution is 2.33. The number of hydrogen-bond donors (Lipinski definition) is 2. The molecule has 0 aromatic heterocycles. The third kappa shape index (κ3) is 4.61. The molecule has 6 nitrogen and oxygen atoms in total. The number of likely N-dealkylation sites (tertiary alicyclic amines) is 1. The highest BCUT2D eigenvalue weighted by atomic mass is 15.3. The highest BCUT2D eigenvalue weighted by Gasteiger charge is 2.38. The van der Waals surface area contributed by atoms with Crippen molar-refractivity contribution in [3.05, 3.63) is 0 Å². The molecule has 3 unspecified atom stereocenters. The summed E-state index contributed by atoms with van der Waals surface area (Å²) in [5.74, 6) is 0.994. The van der Waals surface area contributed by atoms with Crippen LogP contribution in [0.15, 0.2) is 4.99 Å². The third-order valence-corrected chi connectivity index (χ3v) is 5.76. The van der Waals surface area contributed by atoms with Crippen molar-refractivity contribution in [3.63, 3.8) is 0 Å². The van der Waals surface area contributed by atoms with Crippen LogP contribution in [0.25, 0.3) is 0 Å². The van der Waals surface area contributed by atoms with Crippen molar-refractivity contribution in [1.82, 2.24) is 25.3 Å². The monoisotopic (exact) mass is 336 g/mol. The molecule has 24 heavy (non-hydrogen) atoms. The predicted molar refractivity (Wildman–Crippen MR) is 101 cm³/mol. The van der Waals surface area contributed by atoms with Gasteiger partial charge in [-0.3, -0.25) is 14.8 Å². The van der Waals surface area contributed by atoms with Gasteiger partial charge in [0.05, 0.1) is 6.54 Å². The summed E-state index contributed by atoms with van der Waals surface area (Å²) in [7, 11) is 4.43. The van der Waals surface area contributed by atoms with E-state index in [1.54, 1.807) is 0 Å². The average molecular weight is 337 g/mol. The summed E-state index contributed by atoms with van der Waals surface area (Å²) in [6, 6.07) is 2.61. The van der Waals surface area contributed by atoms with Gasteiger partial charge in [-0.05, 0) is 47.2 Å². The summed E-state index contributed by atoms with van der Waals surface area (Å²) in [4.78, 5) is 12.4. The number of rotatable bonds is 5. The maximum Gasteiger partial charge on any atom is 0.191 e. The first-order valence-electron chi connectivity index (χ1n) is 9.76. The molecule has 0 radical (unpaired) electrons. The lowest BCUT2D eigenvalue weighted by atomic mass is 10.2. The second-order valence-corrected chi connectivity index (χ2v) is 7.97. The molecule has 0 aromatic rings. The van der Waals surface area contributed by atoms with Gasteiger partial charge in [-0.15, -0.1) is 0 Å². The SMILES string of the molecule is CCNC(=NCC1CN(C)CCN1C)NC1CC(C)N(C2CC2)C1. The minimum Gasteiger partial charge on any atom is -0.357 e. The Morgan fingerprint density at radius 3 is 2.67 bits per heavy atom. The average Bonchev–Trinajstić information content (AvgIpc) is 3.32. The van der Waals surface area contributed by atoms with Crippen LogP contribution >= 0.6 is 0 Å². The van der Waals surface area contributed by atoms with Crippen LogP contribution in [0, 0.1) is 0 Å². The van der Waals surface area contributed by atoms with Crippen LogP contribution in [0.4, 0.5) is 0 Å². The Morgan fingerprint density at radius 2 is 1.96 bits per heavy atom. The zero-order valence-electron chi connectivity index (χ0n) is 16.0. The van der Waals surface area contributed by atoms with Gasteiger partial charge in [-0.25, -0.2) is 0 Å². The van der Waals surface area contributed by atoms with Crippen LogP contribution in [0.1, 0.15) is 33.1 Å². The van der Waals surface area contributed by atoms with E-state index in [2.05, 4.69) is 53.3 Å². The maximum absolute atomic E-state index is 4.90. The summed E-state index contributed by atoms with van der Waals surface area (Å²) in [5.41, 5.74) is 0. The third-order valence-electron chi connectivity index (χ3n) is 5.76. The molecule has 3 fully saturated rings. The first kappa shape index (κ1) is 18.0. The number of nitrogens with one attached hydrogen (secondary N) is 2. The molecule has 2 heterocycles. The van der Waals surface area contributed by atoms with E-state index in [4.69, 9.17) is 4.99 Å². The number of guanidine groups is 1. The first-order chi connectivity index (χ1) is 11.6. The molecule has 1 aliphatic carbocycles. The van der Waals surface area contributed by atoms with Crippen molar-refractivity contribution in [3.8, 4) is 0 Å². The highest BCUT2D eigenvalue weighted by molar-refractivity contribution is 5.80. The number of piperazine rings is 1. The number of aliphatic imine (C=N–C) groups is 1. The molecule has 3 atom stereocenters. The Bertz CT molecular complexity index is 435. The molecule has 138 valence electrons. The number of nitrogens with zero attached hydrogens (tertiary/aromatic N) is 4. The van der Waals surface area contributed by atoms with E-state index in [-0.39, 0.29) is 0 Å². The smallest absolute Gasteiger partial charge is 0.191 e. The fourth-order valence-electron chi connectivity index (χ4n) is 4.08. The lowest BCUT2D eigenvalue weighted by molar-refractivity contribution is 0.119. The van der Waals surface area contributed by atoms with Gasteiger partial charge < -0.3 is 15.5 Å². The minimum atomic E-state index is 0.518. The van der Waals surface area contributed by atoms with E-state index in [9.17, 15) is 0 Å². The van der Waals surface area contributed by atoms with Gasteiger partial charge in [-0.2, -0.15) is 0 Å². The van der Waals surface area contributed by atoms with Crippen LogP contribution in [0.2, 0.25) is 0 Å². The van der Waals surface area contributed by atoms with E-state index in [0.717, 1.165) is 44.7 Å². The van der Waals surface area contributed by atoms with E-state index in [1.807, 2.05) is 0 Å². The predicted octanol–water partition coefficient (Wildman–Crippen LogP) is 0.413. The normalized spacial score (nSPS) is 33.8. The van der Waals surface area contributed by atoms with Crippen molar-refractivity contribution >= 4 is 5.96 Å². The zero-order valence-corrected chi connectivity index (χ0v) is 16.0. The van der Waals surface area contributed by atoms with Crippen LogP contribution < -0.4 is 10.6 Å². The molecule has 2 N–H and O–H groups in total. The Hall–Kier alpha value is -0.850. The second-order valence-electron chi connectivity index (χ2n) is 7.97. The van der Waals surface area contributed by atoms with Gasteiger partial charge >= 0.3 is 0 Å². The fourth-order valence-corrected chi connectivity index (χ4v) is 4.08. The molecule has 3 aliphatic rings.